The van der Waals surface area contributed by atoms with Crippen LogP contribution in [0, 0.1) is 0 Å². The second-order valence-electron chi connectivity index (χ2n) is 6.87. The number of hydrogen-bond donors (Lipinski definition) is 1. The zero-order chi connectivity index (χ0) is 20.2. The fourth-order valence-corrected chi connectivity index (χ4v) is 3.50. The number of halogens is 1. The molecule has 1 fully saturated rings. The summed E-state index contributed by atoms with van der Waals surface area (Å²) in [6.45, 7) is 1.95. The molecule has 0 bridgehead atoms. The molecule has 0 atom stereocenters. The van der Waals surface area contributed by atoms with Gasteiger partial charge in [0.05, 0.1) is 12.0 Å². The number of hydrogen-bond acceptors (Lipinski definition) is 4. The molecule has 29 heavy (non-hydrogen) atoms. The maximum atomic E-state index is 12.6. The summed E-state index contributed by atoms with van der Waals surface area (Å²) in [5, 5.41) is 7.97. The summed E-state index contributed by atoms with van der Waals surface area (Å²) in [5.74, 6) is 0.540. The van der Waals surface area contributed by atoms with Gasteiger partial charge >= 0.3 is 0 Å². The molecule has 2 aromatic heterocycles. The first-order valence-electron chi connectivity index (χ1n) is 9.58. The van der Waals surface area contributed by atoms with E-state index in [-0.39, 0.29) is 11.8 Å². The SMILES string of the molecule is O=C(NCCCN1CCCC1=O)c1cc(-c2ccco2)n(-c2ccc(Cl)cc2)n1. The van der Waals surface area contributed by atoms with E-state index in [0.29, 0.717) is 48.1 Å². The van der Waals surface area contributed by atoms with Crippen molar-refractivity contribution in [1.82, 2.24) is 20.0 Å². The van der Waals surface area contributed by atoms with Gasteiger partial charge in [0.1, 0.15) is 5.69 Å². The third-order valence-corrected chi connectivity index (χ3v) is 5.10. The van der Waals surface area contributed by atoms with Gasteiger partial charge in [0.25, 0.3) is 5.91 Å². The van der Waals surface area contributed by atoms with Crippen molar-refractivity contribution in [2.45, 2.75) is 19.3 Å². The summed E-state index contributed by atoms with van der Waals surface area (Å²) in [4.78, 5) is 26.1. The van der Waals surface area contributed by atoms with Crippen molar-refractivity contribution in [3.05, 3.63) is 59.4 Å². The van der Waals surface area contributed by atoms with Gasteiger partial charge in [-0.15, -0.1) is 0 Å². The van der Waals surface area contributed by atoms with Gasteiger partial charge in [0, 0.05) is 37.1 Å². The van der Waals surface area contributed by atoms with Gasteiger partial charge in [0.2, 0.25) is 5.91 Å². The molecular weight excluding hydrogens is 392 g/mol. The number of likely N-dealkylation sites (tertiary alicyclic amines) is 1. The lowest BCUT2D eigenvalue weighted by Crippen LogP contribution is -2.30. The first-order chi connectivity index (χ1) is 14.1. The number of nitrogens with zero attached hydrogens (tertiary/aromatic N) is 3. The van der Waals surface area contributed by atoms with Crippen molar-refractivity contribution >= 4 is 23.4 Å². The fraction of sp³-hybridized carbons (Fsp3) is 0.286. The maximum absolute atomic E-state index is 12.6. The van der Waals surface area contributed by atoms with Gasteiger partial charge < -0.3 is 14.6 Å². The van der Waals surface area contributed by atoms with Gasteiger partial charge in [-0.1, -0.05) is 11.6 Å². The van der Waals surface area contributed by atoms with Crippen LogP contribution in [0.1, 0.15) is 29.8 Å². The van der Waals surface area contributed by atoms with Gasteiger partial charge in [-0.3, -0.25) is 9.59 Å². The Morgan fingerprint density at radius 2 is 2.07 bits per heavy atom. The molecule has 1 aliphatic rings. The fourth-order valence-electron chi connectivity index (χ4n) is 3.37. The van der Waals surface area contributed by atoms with Crippen LogP contribution in [-0.4, -0.2) is 46.1 Å². The first-order valence-corrected chi connectivity index (χ1v) is 9.95. The Morgan fingerprint density at radius 3 is 2.76 bits per heavy atom. The van der Waals surface area contributed by atoms with E-state index in [0.717, 1.165) is 18.7 Å². The van der Waals surface area contributed by atoms with E-state index in [2.05, 4.69) is 10.4 Å². The van der Waals surface area contributed by atoms with E-state index in [1.165, 1.54) is 0 Å². The molecule has 0 saturated carbocycles. The number of rotatable bonds is 7. The van der Waals surface area contributed by atoms with Crippen LogP contribution in [0.2, 0.25) is 5.02 Å². The van der Waals surface area contributed by atoms with E-state index >= 15 is 0 Å². The van der Waals surface area contributed by atoms with Crippen LogP contribution in [-0.2, 0) is 4.79 Å². The normalized spacial score (nSPS) is 13.8. The predicted octanol–water partition coefficient (Wildman–Crippen LogP) is 3.53. The minimum atomic E-state index is -0.265. The molecular formula is C21H21ClN4O3. The summed E-state index contributed by atoms with van der Waals surface area (Å²) >= 11 is 5.98. The molecule has 7 nitrogen and oxygen atoms in total. The van der Waals surface area contributed by atoms with E-state index in [1.54, 1.807) is 35.2 Å². The second-order valence-corrected chi connectivity index (χ2v) is 7.31. The number of nitrogens with one attached hydrogen (secondary N) is 1. The Kier molecular flexibility index (Phi) is 5.67. The Bertz CT molecular complexity index is 996. The van der Waals surface area contributed by atoms with Crippen molar-refractivity contribution in [2.75, 3.05) is 19.6 Å². The van der Waals surface area contributed by atoms with Crippen LogP contribution in [0.15, 0.2) is 53.1 Å². The van der Waals surface area contributed by atoms with Crippen LogP contribution in [0.3, 0.4) is 0 Å². The third-order valence-electron chi connectivity index (χ3n) is 4.85. The highest BCUT2D eigenvalue weighted by Crippen LogP contribution is 2.25. The Hall–Kier alpha value is -3.06. The topological polar surface area (TPSA) is 80.4 Å². The molecule has 3 heterocycles. The predicted molar refractivity (Wildman–Crippen MR) is 109 cm³/mol. The van der Waals surface area contributed by atoms with Crippen molar-refractivity contribution in [2.24, 2.45) is 0 Å². The van der Waals surface area contributed by atoms with E-state index < -0.39 is 0 Å². The van der Waals surface area contributed by atoms with Crippen LogP contribution < -0.4 is 5.32 Å². The molecule has 0 aliphatic carbocycles. The van der Waals surface area contributed by atoms with Crippen LogP contribution >= 0.6 is 11.6 Å². The van der Waals surface area contributed by atoms with Crippen LogP contribution in [0.5, 0.6) is 0 Å². The Morgan fingerprint density at radius 1 is 1.24 bits per heavy atom. The molecule has 8 heteroatoms. The summed E-state index contributed by atoms with van der Waals surface area (Å²) in [6, 6.07) is 12.5. The van der Waals surface area contributed by atoms with E-state index in [1.807, 2.05) is 23.1 Å². The molecule has 0 radical (unpaired) electrons. The summed E-state index contributed by atoms with van der Waals surface area (Å²) in [5.41, 5.74) is 1.74. The molecule has 4 rings (SSSR count). The number of carbonyl (C=O) groups is 2. The zero-order valence-corrected chi connectivity index (χ0v) is 16.6. The standard InChI is InChI=1S/C21H21ClN4O3/c22-15-6-8-16(9-7-15)26-18(19-4-2-13-29-19)14-17(24-26)21(28)23-10-3-12-25-11-1-5-20(25)27/h2,4,6-9,13-14H,1,3,5,10-12H2,(H,23,28). The molecule has 1 N–H and O–H groups in total. The Labute approximate surface area is 173 Å². The number of aromatic nitrogens is 2. The molecule has 2 amide bonds. The third kappa shape index (κ3) is 4.35. The summed E-state index contributed by atoms with van der Waals surface area (Å²) < 4.78 is 7.17. The van der Waals surface area contributed by atoms with Crippen LogP contribution in [0.25, 0.3) is 17.1 Å². The average Bonchev–Trinajstić information content (AvgIpc) is 3.46. The van der Waals surface area contributed by atoms with E-state index in [4.69, 9.17) is 16.0 Å². The quantitative estimate of drug-likeness (QED) is 0.602. The van der Waals surface area contributed by atoms with Gasteiger partial charge in [0.15, 0.2) is 11.5 Å². The van der Waals surface area contributed by atoms with Crippen molar-refractivity contribution in [3.8, 4) is 17.1 Å². The number of benzene rings is 1. The van der Waals surface area contributed by atoms with Gasteiger partial charge in [-0.25, -0.2) is 4.68 Å². The number of carbonyl (C=O) groups excluding carboxylic acids is 2. The average molecular weight is 413 g/mol. The monoisotopic (exact) mass is 412 g/mol. The van der Waals surface area contributed by atoms with Gasteiger partial charge in [-0.2, -0.15) is 5.10 Å². The smallest absolute Gasteiger partial charge is 0.271 e. The summed E-state index contributed by atoms with van der Waals surface area (Å²) in [7, 11) is 0. The lowest BCUT2D eigenvalue weighted by Gasteiger charge is -2.14. The molecule has 150 valence electrons. The molecule has 0 unspecified atom stereocenters. The molecule has 1 saturated heterocycles. The Balaban J connectivity index is 1.47. The lowest BCUT2D eigenvalue weighted by atomic mass is 10.2. The highest BCUT2D eigenvalue weighted by molar-refractivity contribution is 6.30. The van der Waals surface area contributed by atoms with Crippen LogP contribution in [0.4, 0.5) is 0 Å². The highest BCUT2D eigenvalue weighted by Gasteiger charge is 2.20. The largest absolute Gasteiger partial charge is 0.463 e. The molecule has 1 aliphatic heterocycles. The number of furan rings is 1. The molecule has 1 aromatic carbocycles. The minimum Gasteiger partial charge on any atom is -0.463 e. The molecule has 3 aromatic rings. The van der Waals surface area contributed by atoms with Crippen molar-refractivity contribution in [1.29, 1.82) is 0 Å². The maximum Gasteiger partial charge on any atom is 0.271 e. The first kappa shape index (κ1) is 19.3. The van der Waals surface area contributed by atoms with E-state index in [9.17, 15) is 9.59 Å². The lowest BCUT2D eigenvalue weighted by molar-refractivity contribution is -0.127. The van der Waals surface area contributed by atoms with Crippen molar-refractivity contribution in [3.63, 3.8) is 0 Å². The minimum absolute atomic E-state index is 0.195. The number of amides is 2. The van der Waals surface area contributed by atoms with Crippen molar-refractivity contribution < 1.29 is 14.0 Å². The summed E-state index contributed by atoms with van der Waals surface area (Å²) in [6.07, 6.45) is 3.83. The molecule has 0 spiro atoms. The highest BCUT2D eigenvalue weighted by atomic mass is 35.5. The second kappa shape index (κ2) is 8.53. The zero-order valence-electron chi connectivity index (χ0n) is 15.8. The van der Waals surface area contributed by atoms with Gasteiger partial charge in [-0.05, 0) is 49.2 Å².